The van der Waals surface area contributed by atoms with Gasteiger partial charge < -0.3 is 4.57 Å². The van der Waals surface area contributed by atoms with E-state index in [1.54, 1.807) is 6.07 Å². The summed E-state index contributed by atoms with van der Waals surface area (Å²) < 4.78 is 16.1. The lowest BCUT2D eigenvalue weighted by molar-refractivity contribution is 0.514. The van der Waals surface area contributed by atoms with Crippen LogP contribution in [0.4, 0.5) is 4.39 Å². The Balaban J connectivity index is 2.09. The number of benzene rings is 1. The SMILES string of the molecule is CSC1CCC(n2c(CCCl)nc3cc(F)c(C)cc32)C1. The molecule has 3 rings (SSSR count). The van der Waals surface area contributed by atoms with Crippen molar-refractivity contribution < 1.29 is 4.39 Å². The van der Waals surface area contributed by atoms with Crippen molar-refractivity contribution in [1.82, 2.24) is 9.55 Å². The van der Waals surface area contributed by atoms with Crippen molar-refractivity contribution in [2.45, 2.75) is 43.9 Å². The molecule has 1 aromatic carbocycles. The molecule has 2 unspecified atom stereocenters. The Morgan fingerprint density at radius 2 is 2.24 bits per heavy atom. The van der Waals surface area contributed by atoms with Crippen LogP contribution in [-0.2, 0) is 6.42 Å². The maximum absolute atomic E-state index is 13.8. The molecule has 1 heterocycles. The lowest BCUT2D eigenvalue weighted by Crippen LogP contribution is -2.11. The number of hydrogen-bond acceptors (Lipinski definition) is 2. The molecule has 1 aliphatic rings. The molecule has 2 aromatic rings. The number of rotatable bonds is 4. The molecule has 0 radical (unpaired) electrons. The number of nitrogens with zero attached hydrogens (tertiary/aromatic N) is 2. The van der Waals surface area contributed by atoms with Crippen molar-refractivity contribution >= 4 is 34.4 Å². The van der Waals surface area contributed by atoms with Crippen LogP contribution in [0.2, 0.25) is 0 Å². The third kappa shape index (κ3) is 2.80. The second-order valence-corrected chi connectivity index (χ2v) is 7.27. The van der Waals surface area contributed by atoms with Gasteiger partial charge in [0.2, 0.25) is 0 Å². The molecule has 5 heteroatoms. The zero-order valence-electron chi connectivity index (χ0n) is 12.4. The van der Waals surface area contributed by atoms with Crippen molar-refractivity contribution in [2.24, 2.45) is 0 Å². The van der Waals surface area contributed by atoms with Crippen LogP contribution in [0.1, 0.15) is 36.7 Å². The number of alkyl halides is 1. The van der Waals surface area contributed by atoms with E-state index in [9.17, 15) is 4.39 Å². The van der Waals surface area contributed by atoms with Crippen LogP contribution in [0, 0.1) is 12.7 Å². The molecule has 0 aliphatic heterocycles. The van der Waals surface area contributed by atoms with Crippen LogP contribution in [0.5, 0.6) is 0 Å². The molecule has 0 saturated heterocycles. The second-order valence-electron chi connectivity index (χ2n) is 5.75. The van der Waals surface area contributed by atoms with Gasteiger partial charge in [0.05, 0.1) is 11.0 Å². The van der Waals surface area contributed by atoms with Gasteiger partial charge in [-0.25, -0.2) is 9.37 Å². The van der Waals surface area contributed by atoms with Crippen LogP contribution < -0.4 is 0 Å². The minimum Gasteiger partial charge on any atom is -0.325 e. The molecule has 114 valence electrons. The van der Waals surface area contributed by atoms with Gasteiger partial charge in [-0.2, -0.15) is 11.8 Å². The van der Waals surface area contributed by atoms with Gasteiger partial charge in [-0.15, -0.1) is 11.6 Å². The predicted molar refractivity (Wildman–Crippen MR) is 89.0 cm³/mol. The van der Waals surface area contributed by atoms with E-state index in [0.717, 1.165) is 28.5 Å². The minimum atomic E-state index is -0.182. The average molecular weight is 327 g/mol. The average Bonchev–Trinajstić information content (AvgIpc) is 3.04. The summed E-state index contributed by atoms with van der Waals surface area (Å²) in [7, 11) is 0. The number of fused-ring (bicyclic) bond motifs is 1. The highest BCUT2D eigenvalue weighted by Crippen LogP contribution is 2.39. The summed E-state index contributed by atoms with van der Waals surface area (Å²) in [6.07, 6.45) is 6.49. The third-order valence-electron chi connectivity index (χ3n) is 4.42. The van der Waals surface area contributed by atoms with E-state index in [-0.39, 0.29) is 5.82 Å². The summed E-state index contributed by atoms with van der Waals surface area (Å²) in [5.41, 5.74) is 2.49. The number of aryl methyl sites for hydroxylation is 2. The second kappa shape index (κ2) is 6.17. The molecule has 1 aromatic heterocycles. The molecule has 1 saturated carbocycles. The summed E-state index contributed by atoms with van der Waals surface area (Å²) in [4.78, 5) is 4.63. The molecule has 2 atom stereocenters. The van der Waals surface area contributed by atoms with Gasteiger partial charge in [0.15, 0.2) is 0 Å². The molecule has 0 bridgehead atoms. The predicted octanol–water partition coefficient (Wildman–Crippen LogP) is 4.72. The van der Waals surface area contributed by atoms with Gasteiger partial charge in [-0.3, -0.25) is 0 Å². The maximum Gasteiger partial charge on any atom is 0.128 e. The topological polar surface area (TPSA) is 17.8 Å². The molecule has 1 fully saturated rings. The van der Waals surface area contributed by atoms with Crippen molar-refractivity contribution in [3.63, 3.8) is 0 Å². The van der Waals surface area contributed by atoms with E-state index < -0.39 is 0 Å². The van der Waals surface area contributed by atoms with Crippen LogP contribution in [-0.4, -0.2) is 26.9 Å². The standard InChI is InChI=1S/C16H20ClFN2S/c1-10-7-15-14(9-13(10)18)19-16(5-6-17)20(15)11-3-4-12(8-11)21-2/h7,9,11-12H,3-6,8H2,1-2H3. The van der Waals surface area contributed by atoms with Gasteiger partial charge in [-0.1, -0.05) is 0 Å². The molecule has 0 spiro atoms. The Morgan fingerprint density at radius 1 is 1.43 bits per heavy atom. The summed E-state index contributed by atoms with van der Waals surface area (Å²) in [5, 5.41) is 0.720. The van der Waals surface area contributed by atoms with E-state index in [2.05, 4.69) is 15.8 Å². The van der Waals surface area contributed by atoms with Gasteiger partial charge in [0.1, 0.15) is 11.6 Å². The third-order valence-corrected chi connectivity index (χ3v) is 5.70. The van der Waals surface area contributed by atoms with Crippen molar-refractivity contribution in [3.8, 4) is 0 Å². The van der Waals surface area contributed by atoms with Gasteiger partial charge in [-0.05, 0) is 44.1 Å². The molecule has 2 nitrogen and oxygen atoms in total. The Labute approximate surface area is 134 Å². The first-order valence-electron chi connectivity index (χ1n) is 7.39. The smallest absolute Gasteiger partial charge is 0.128 e. The summed E-state index contributed by atoms with van der Waals surface area (Å²) in [6, 6.07) is 3.96. The Morgan fingerprint density at radius 3 is 2.90 bits per heavy atom. The Hall–Kier alpha value is -0.740. The molecule has 0 N–H and O–H groups in total. The van der Waals surface area contributed by atoms with E-state index in [0.29, 0.717) is 17.5 Å². The summed E-state index contributed by atoms with van der Waals surface area (Å²) >= 11 is 7.87. The number of aromatic nitrogens is 2. The number of hydrogen-bond donors (Lipinski definition) is 0. The van der Waals surface area contributed by atoms with Crippen LogP contribution in [0.15, 0.2) is 12.1 Å². The fourth-order valence-corrected chi connectivity index (χ4v) is 4.26. The van der Waals surface area contributed by atoms with Crippen LogP contribution >= 0.6 is 23.4 Å². The van der Waals surface area contributed by atoms with E-state index in [1.807, 2.05) is 24.8 Å². The first kappa shape index (κ1) is 15.2. The van der Waals surface area contributed by atoms with Crippen molar-refractivity contribution in [1.29, 1.82) is 0 Å². The molecule has 21 heavy (non-hydrogen) atoms. The maximum atomic E-state index is 13.8. The first-order valence-corrected chi connectivity index (χ1v) is 9.22. The van der Waals surface area contributed by atoms with E-state index in [4.69, 9.17) is 11.6 Å². The quantitative estimate of drug-likeness (QED) is 0.756. The highest BCUT2D eigenvalue weighted by Gasteiger charge is 2.28. The molecular formula is C16H20ClFN2S. The zero-order chi connectivity index (χ0) is 15.0. The lowest BCUT2D eigenvalue weighted by Gasteiger charge is -2.17. The van der Waals surface area contributed by atoms with Crippen LogP contribution in [0.3, 0.4) is 0 Å². The molecule has 1 aliphatic carbocycles. The monoisotopic (exact) mass is 326 g/mol. The largest absolute Gasteiger partial charge is 0.325 e. The van der Waals surface area contributed by atoms with Gasteiger partial charge in [0.25, 0.3) is 0 Å². The zero-order valence-corrected chi connectivity index (χ0v) is 14.0. The highest BCUT2D eigenvalue weighted by molar-refractivity contribution is 7.99. The normalized spacial score (nSPS) is 22.3. The summed E-state index contributed by atoms with van der Waals surface area (Å²) in [5.74, 6) is 1.36. The first-order chi connectivity index (χ1) is 10.1. The number of halogens is 2. The minimum absolute atomic E-state index is 0.182. The number of imidazole rings is 1. The highest BCUT2D eigenvalue weighted by atomic mass is 35.5. The van der Waals surface area contributed by atoms with E-state index in [1.165, 1.54) is 19.3 Å². The molecule has 0 amide bonds. The van der Waals surface area contributed by atoms with Crippen molar-refractivity contribution in [2.75, 3.05) is 12.1 Å². The van der Waals surface area contributed by atoms with Gasteiger partial charge in [0, 0.05) is 29.7 Å². The fraction of sp³-hybridized carbons (Fsp3) is 0.562. The van der Waals surface area contributed by atoms with Crippen molar-refractivity contribution in [3.05, 3.63) is 29.3 Å². The fourth-order valence-electron chi connectivity index (χ4n) is 3.30. The Kier molecular flexibility index (Phi) is 4.46. The lowest BCUT2D eigenvalue weighted by atomic mass is 10.2. The van der Waals surface area contributed by atoms with Gasteiger partial charge >= 0.3 is 0 Å². The van der Waals surface area contributed by atoms with E-state index >= 15 is 0 Å². The summed E-state index contributed by atoms with van der Waals surface area (Å²) in [6.45, 7) is 1.81. The molecular weight excluding hydrogens is 307 g/mol. The number of thioether (sulfide) groups is 1. The van der Waals surface area contributed by atoms with Crippen LogP contribution in [0.25, 0.3) is 11.0 Å². The Bertz CT molecular complexity index is 655.